The zero-order valence-corrected chi connectivity index (χ0v) is 11.7. The van der Waals surface area contributed by atoms with Crippen LogP contribution in [-0.4, -0.2) is 40.5 Å². The van der Waals surface area contributed by atoms with Crippen molar-refractivity contribution in [2.24, 2.45) is 0 Å². The summed E-state index contributed by atoms with van der Waals surface area (Å²) in [5, 5.41) is 10.7. The number of aliphatic hydroxyl groups is 1. The Morgan fingerprint density at radius 2 is 2.11 bits per heavy atom. The lowest BCUT2D eigenvalue weighted by Gasteiger charge is -2.36. The highest BCUT2D eigenvalue weighted by atomic mass is 32.2. The van der Waals surface area contributed by atoms with Gasteiger partial charge in [-0.1, -0.05) is 24.6 Å². The molecule has 6 heteroatoms. The van der Waals surface area contributed by atoms with E-state index in [9.17, 15) is 5.11 Å². The van der Waals surface area contributed by atoms with Crippen molar-refractivity contribution in [3.63, 3.8) is 0 Å². The Morgan fingerprint density at radius 1 is 1.39 bits per heavy atom. The fourth-order valence-corrected chi connectivity index (χ4v) is 2.80. The van der Waals surface area contributed by atoms with Crippen LogP contribution in [0.4, 0.5) is 11.6 Å². The van der Waals surface area contributed by atoms with Gasteiger partial charge in [-0.15, -0.1) is 0 Å². The standard InChI is InChI=1S/C12H20N4OS/c1-16(8-5-3-4-6-9(8)17)11-7-10(13)14-12(15-11)18-2/h7-9,17H,3-6H2,1-2H3,(H2,13,14,15). The number of likely N-dealkylation sites (N-methyl/N-ethyl adjacent to an activating group) is 1. The van der Waals surface area contributed by atoms with Crippen LogP contribution in [0.1, 0.15) is 25.7 Å². The van der Waals surface area contributed by atoms with E-state index >= 15 is 0 Å². The van der Waals surface area contributed by atoms with Gasteiger partial charge in [-0.05, 0) is 19.1 Å². The summed E-state index contributed by atoms with van der Waals surface area (Å²) in [6.45, 7) is 0. The maximum Gasteiger partial charge on any atom is 0.191 e. The Bertz CT molecular complexity index is 415. The molecule has 1 aliphatic rings. The zero-order valence-electron chi connectivity index (χ0n) is 10.8. The summed E-state index contributed by atoms with van der Waals surface area (Å²) in [5.41, 5.74) is 5.78. The van der Waals surface area contributed by atoms with Crippen LogP contribution in [0.5, 0.6) is 0 Å². The first kappa shape index (κ1) is 13.4. The average Bonchev–Trinajstić information content (AvgIpc) is 2.37. The summed E-state index contributed by atoms with van der Waals surface area (Å²) < 4.78 is 0. The first-order valence-corrected chi connectivity index (χ1v) is 7.43. The number of hydrogen-bond donors (Lipinski definition) is 2. The molecule has 2 rings (SSSR count). The Labute approximate surface area is 112 Å². The molecule has 1 heterocycles. The number of nitrogens with two attached hydrogens (primary N) is 1. The van der Waals surface area contributed by atoms with Gasteiger partial charge in [-0.3, -0.25) is 0 Å². The molecule has 0 radical (unpaired) electrons. The van der Waals surface area contributed by atoms with Gasteiger partial charge in [0.1, 0.15) is 11.6 Å². The Kier molecular flexibility index (Phi) is 4.29. The number of hydrogen-bond acceptors (Lipinski definition) is 6. The van der Waals surface area contributed by atoms with Gasteiger partial charge < -0.3 is 15.7 Å². The molecule has 2 unspecified atom stereocenters. The molecule has 0 saturated heterocycles. The molecule has 2 atom stereocenters. The third-order valence-corrected chi connectivity index (χ3v) is 3.99. The molecule has 1 fully saturated rings. The van der Waals surface area contributed by atoms with Gasteiger partial charge >= 0.3 is 0 Å². The zero-order chi connectivity index (χ0) is 13.1. The molecule has 1 aromatic heterocycles. The molecule has 18 heavy (non-hydrogen) atoms. The number of nitrogen functional groups attached to an aromatic ring is 1. The highest BCUT2D eigenvalue weighted by Gasteiger charge is 2.27. The normalized spacial score (nSPS) is 23.9. The highest BCUT2D eigenvalue weighted by molar-refractivity contribution is 7.98. The van der Waals surface area contributed by atoms with Crippen molar-refractivity contribution in [1.82, 2.24) is 9.97 Å². The van der Waals surface area contributed by atoms with Crippen LogP contribution in [0.3, 0.4) is 0 Å². The van der Waals surface area contributed by atoms with Crippen molar-refractivity contribution in [1.29, 1.82) is 0 Å². The van der Waals surface area contributed by atoms with Crippen molar-refractivity contribution in [3.05, 3.63) is 6.07 Å². The second kappa shape index (κ2) is 5.75. The maximum atomic E-state index is 10.1. The highest BCUT2D eigenvalue weighted by Crippen LogP contribution is 2.27. The minimum Gasteiger partial charge on any atom is -0.391 e. The lowest BCUT2D eigenvalue weighted by molar-refractivity contribution is 0.106. The third kappa shape index (κ3) is 2.87. The predicted octanol–water partition coefficient (Wildman–Crippen LogP) is 1.52. The summed E-state index contributed by atoms with van der Waals surface area (Å²) in [7, 11) is 1.96. The van der Waals surface area contributed by atoms with Gasteiger partial charge in [0.05, 0.1) is 12.1 Å². The van der Waals surface area contributed by atoms with Gasteiger partial charge in [0, 0.05) is 13.1 Å². The third-order valence-electron chi connectivity index (χ3n) is 3.45. The lowest BCUT2D eigenvalue weighted by Crippen LogP contribution is -2.43. The molecule has 1 aliphatic carbocycles. The van der Waals surface area contributed by atoms with Crippen molar-refractivity contribution in [2.75, 3.05) is 23.9 Å². The number of thioether (sulfide) groups is 1. The van der Waals surface area contributed by atoms with E-state index in [-0.39, 0.29) is 12.1 Å². The van der Waals surface area contributed by atoms with E-state index in [2.05, 4.69) is 9.97 Å². The summed E-state index contributed by atoms with van der Waals surface area (Å²) in [4.78, 5) is 10.6. The largest absolute Gasteiger partial charge is 0.391 e. The van der Waals surface area contributed by atoms with Gasteiger partial charge in [0.2, 0.25) is 0 Å². The second-order valence-electron chi connectivity index (χ2n) is 4.67. The van der Waals surface area contributed by atoms with Crippen LogP contribution in [0.2, 0.25) is 0 Å². The number of anilines is 2. The molecule has 0 aliphatic heterocycles. The van der Waals surface area contributed by atoms with E-state index in [1.165, 1.54) is 11.8 Å². The van der Waals surface area contributed by atoms with E-state index in [0.717, 1.165) is 31.5 Å². The van der Waals surface area contributed by atoms with Crippen LogP contribution >= 0.6 is 11.8 Å². The molecular formula is C12H20N4OS. The number of aromatic nitrogens is 2. The van der Waals surface area contributed by atoms with Crippen molar-refractivity contribution in [3.8, 4) is 0 Å². The van der Waals surface area contributed by atoms with E-state index in [4.69, 9.17) is 5.73 Å². The second-order valence-corrected chi connectivity index (χ2v) is 5.44. The molecule has 0 aromatic carbocycles. The predicted molar refractivity (Wildman–Crippen MR) is 74.9 cm³/mol. The minimum absolute atomic E-state index is 0.128. The van der Waals surface area contributed by atoms with Gasteiger partial charge in [0.15, 0.2) is 5.16 Å². The number of aliphatic hydroxyl groups excluding tert-OH is 1. The summed E-state index contributed by atoms with van der Waals surface area (Å²) >= 11 is 1.47. The maximum absolute atomic E-state index is 10.1. The van der Waals surface area contributed by atoms with Crippen LogP contribution in [0.25, 0.3) is 0 Å². The monoisotopic (exact) mass is 268 g/mol. The van der Waals surface area contributed by atoms with E-state index in [1.54, 1.807) is 6.07 Å². The number of rotatable bonds is 3. The lowest BCUT2D eigenvalue weighted by atomic mass is 9.91. The van der Waals surface area contributed by atoms with Gasteiger partial charge in [0.25, 0.3) is 0 Å². The van der Waals surface area contributed by atoms with Crippen molar-refractivity contribution >= 4 is 23.4 Å². The SMILES string of the molecule is CSc1nc(N)cc(N(C)C2CCCCC2O)n1. The molecule has 1 saturated carbocycles. The van der Waals surface area contributed by atoms with Crippen molar-refractivity contribution < 1.29 is 5.11 Å². The van der Waals surface area contributed by atoms with Gasteiger partial charge in [-0.25, -0.2) is 9.97 Å². The fraction of sp³-hybridized carbons (Fsp3) is 0.667. The number of nitrogens with zero attached hydrogens (tertiary/aromatic N) is 3. The molecule has 5 nitrogen and oxygen atoms in total. The molecule has 0 bridgehead atoms. The molecule has 100 valence electrons. The minimum atomic E-state index is -0.280. The van der Waals surface area contributed by atoms with Crippen LogP contribution in [0.15, 0.2) is 11.2 Å². The molecule has 0 spiro atoms. The van der Waals surface area contributed by atoms with E-state index in [1.807, 2.05) is 18.2 Å². The first-order valence-electron chi connectivity index (χ1n) is 6.21. The Balaban J connectivity index is 2.21. The Morgan fingerprint density at radius 3 is 2.78 bits per heavy atom. The van der Waals surface area contributed by atoms with Crippen molar-refractivity contribution in [2.45, 2.75) is 43.0 Å². The van der Waals surface area contributed by atoms with E-state index in [0.29, 0.717) is 11.0 Å². The summed E-state index contributed by atoms with van der Waals surface area (Å²) in [6.07, 6.45) is 5.77. The van der Waals surface area contributed by atoms with Crippen LogP contribution < -0.4 is 10.6 Å². The Hall–Kier alpha value is -1.01. The molecular weight excluding hydrogens is 248 g/mol. The summed E-state index contributed by atoms with van der Waals surface area (Å²) in [6, 6.07) is 1.89. The first-order chi connectivity index (χ1) is 8.61. The smallest absolute Gasteiger partial charge is 0.191 e. The quantitative estimate of drug-likeness (QED) is 0.639. The van der Waals surface area contributed by atoms with Crippen LogP contribution in [-0.2, 0) is 0 Å². The molecule has 0 amide bonds. The average molecular weight is 268 g/mol. The molecule has 3 N–H and O–H groups in total. The van der Waals surface area contributed by atoms with Gasteiger partial charge in [-0.2, -0.15) is 0 Å². The van der Waals surface area contributed by atoms with E-state index < -0.39 is 0 Å². The van der Waals surface area contributed by atoms with Crippen LogP contribution in [0, 0.1) is 0 Å². The molecule has 1 aromatic rings. The summed E-state index contributed by atoms with van der Waals surface area (Å²) in [5.74, 6) is 1.26. The topological polar surface area (TPSA) is 75.3 Å². The fourth-order valence-electron chi connectivity index (χ4n) is 2.42.